The van der Waals surface area contributed by atoms with Crippen molar-refractivity contribution in [1.82, 2.24) is 10.5 Å². The van der Waals surface area contributed by atoms with E-state index >= 15 is 0 Å². The number of carbonyl (C=O) groups is 2. The maximum atomic E-state index is 12.2. The Balaban J connectivity index is 1.71. The van der Waals surface area contributed by atoms with E-state index in [1.807, 2.05) is 30.3 Å². The van der Waals surface area contributed by atoms with Gasteiger partial charge in [-0.15, -0.1) is 0 Å². The van der Waals surface area contributed by atoms with Gasteiger partial charge in [0.25, 0.3) is 11.8 Å². The molecule has 0 fully saturated rings. The molecule has 3 rings (SSSR count). The molecule has 0 aliphatic carbocycles. The third kappa shape index (κ3) is 3.33. The van der Waals surface area contributed by atoms with Gasteiger partial charge < -0.3 is 15.2 Å². The fourth-order valence-electron chi connectivity index (χ4n) is 2.17. The van der Waals surface area contributed by atoms with Gasteiger partial charge in [0.1, 0.15) is 0 Å². The zero-order valence-corrected chi connectivity index (χ0v) is 12.9. The standard InChI is InChI=1S/C18H15N3O3/c1-19-17(22)13-7-9-14(10-8-13)20-18(23)15-11-16(24-21-15)12-5-3-2-4-6-12/h2-11H,1H3,(H,19,22)(H,20,23). The Morgan fingerprint density at radius 3 is 2.33 bits per heavy atom. The summed E-state index contributed by atoms with van der Waals surface area (Å²) in [5, 5.41) is 9.05. The number of aromatic nitrogens is 1. The molecular weight excluding hydrogens is 306 g/mol. The number of amides is 2. The fraction of sp³-hybridized carbons (Fsp3) is 0.0556. The van der Waals surface area contributed by atoms with Crippen molar-refractivity contribution in [2.45, 2.75) is 0 Å². The quantitative estimate of drug-likeness (QED) is 0.774. The molecule has 24 heavy (non-hydrogen) atoms. The lowest BCUT2D eigenvalue weighted by Crippen LogP contribution is -2.18. The van der Waals surface area contributed by atoms with Crippen LogP contribution in [0.5, 0.6) is 0 Å². The van der Waals surface area contributed by atoms with E-state index in [1.165, 1.54) is 0 Å². The second kappa shape index (κ2) is 6.78. The van der Waals surface area contributed by atoms with Crippen LogP contribution < -0.4 is 10.6 Å². The van der Waals surface area contributed by atoms with Gasteiger partial charge in [-0.3, -0.25) is 9.59 Å². The molecule has 2 N–H and O–H groups in total. The van der Waals surface area contributed by atoms with Gasteiger partial charge in [-0.25, -0.2) is 0 Å². The highest BCUT2D eigenvalue weighted by Crippen LogP contribution is 2.20. The van der Waals surface area contributed by atoms with Gasteiger partial charge in [-0.2, -0.15) is 0 Å². The molecule has 0 spiro atoms. The van der Waals surface area contributed by atoms with Crippen LogP contribution in [0.1, 0.15) is 20.8 Å². The molecular formula is C18H15N3O3. The summed E-state index contributed by atoms with van der Waals surface area (Å²) in [5.74, 6) is -0.0405. The first kappa shape index (κ1) is 15.5. The van der Waals surface area contributed by atoms with E-state index in [0.717, 1.165) is 5.56 Å². The van der Waals surface area contributed by atoms with Gasteiger partial charge in [-0.1, -0.05) is 35.5 Å². The maximum Gasteiger partial charge on any atom is 0.277 e. The average Bonchev–Trinajstić information content (AvgIpc) is 3.13. The molecule has 120 valence electrons. The molecule has 0 saturated carbocycles. The third-order valence-corrected chi connectivity index (χ3v) is 3.43. The molecule has 1 heterocycles. The number of hydrogen-bond acceptors (Lipinski definition) is 4. The Labute approximate surface area is 138 Å². The van der Waals surface area contributed by atoms with Gasteiger partial charge in [0, 0.05) is 29.9 Å². The molecule has 2 aromatic carbocycles. The molecule has 2 amide bonds. The van der Waals surface area contributed by atoms with Crippen LogP contribution in [0.3, 0.4) is 0 Å². The lowest BCUT2D eigenvalue weighted by molar-refractivity contribution is 0.0962. The number of hydrogen-bond donors (Lipinski definition) is 2. The Kier molecular flexibility index (Phi) is 4.38. The lowest BCUT2D eigenvalue weighted by Gasteiger charge is -2.04. The molecule has 0 saturated heterocycles. The number of benzene rings is 2. The molecule has 0 atom stereocenters. The van der Waals surface area contributed by atoms with Gasteiger partial charge in [0.15, 0.2) is 11.5 Å². The minimum absolute atomic E-state index is 0.183. The van der Waals surface area contributed by atoms with E-state index in [2.05, 4.69) is 15.8 Å². The molecule has 3 aromatic rings. The van der Waals surface area contributed by atoms with E-state index in [9.17, 15) is 9.59 Å². The Morgan fingerprint density at radius 2 is 1.67 bits per heavy atom. The van der Waals surface area contributed by atoms with Crippen molar-refractivity contribution in [2.75, 3.05) is 12.4 Å². The van der Waals surface area contributed by atoms with E-state index in [1.54, 1.807) is 37.4 Å². The minimum atomic E-state index is -0.381. The van der Waals surface area contributed by atoms with Crippen molar-refractivity contribution in [3.63, 3.8) is 0 Å². The van der Waals surface area contributed by atoms with Crippen molar-refractivity contribution in [3.8, 4) is 11.3 Å². The molecule has 0 aliphatic heterocycles. The zero-order valence-electron chi connectivity index (χ0n) is 12.9. The Morgan fingerprint density at radius 1 is 0.958 bits per heavy atom. The molecule has 0 unspecified atom stereocenters. The lowest BCUT2D eigenvalue weighted by atomic mass is 10.1. The summed E-state index contributed by atoms with van der Waals surface area (Å²) in [4.78, 5) is 23.7. The summed E-state index contributed by atoms with van der Waals surface area (Å²) in [6, 6.07) is 17.6. The predicted molar refractivity (Wildman–Crippen MR) is 89.7 cm³/mol. The first-order valence-corrected chi connectivity index (χ1v) is 7.33. The highest BCUT2D eigenvalue weighted by molar-refractivity contribution is 6.03. The van der Waals surface area contributed by atoms with Crippen LogP contribution in [-0.2, 0) is 0 Å². The highest BCUT2D eigenvalue weighted by Gasteiger charge is 2.14. The summed E-state index contributed by atoms with van der Waals surface area (Å²) in [6.45, 7) is 0. The SMILES string of the molecule is CNC(=O)c1ccc(NC(=O)c2cc(-c3ccccc3)on2)cc1. The van der Waals surface area contributed by atoms with Gasteiger partial charge in [-0.05, 0) is 24.3 Å². The summed E-state index contributed by atoms with van der Waals surface area (Å²) < 4.78 is 5.21. The molecule has 6 heteroatoms. The maximum absolute atomic E-state index is 12.2. The zero-order chi connectivity index (χ0) is 16.9. The van der Waals surface area contributed by atoms with Crippen molar-refractivity contribution in [2.24, 2.45) is 0 Å². The number of anilines is 1. The fourth-order valence-corrected chi connectivity index (χ4v) is 2.17. The average molecular weight is 321 g/mol. The second-order valence-electron chi connectivity index (χ2n) is 5.05. The van der Waals surface area contributed by atoms with Gasteiger partial charge in [0.05, 0.1) is 0 Å². The van der Waals surface area contributed by atoms with E-state index in [4.69, 9.17) is 4.52 Å². The first-order chi connectivity index (χ1) is 11.7. The predicted octanol–water partition coefficient (Wildman–Crippen LogP) is 2.95. The first-order valence-electron chi connectivity index (χ1n) is 7.33. The van der Waals surface area contributed by atoms with Crippen molar-refractivity contribution < 1.29 is 14.1 Å². The van der Waals surface area contributed by atoms with E-state index in [-0.39, 0.29) is 17.5 Å². The highest BCUT2D eigenvalue weighted by atomic mass is 16.5. The Bertz CT molecular complexity index is 855. The van der Waals surface area contributed by atoms with Gasteiger partial charge in [0.2, 0.25) is 0 Å². The van der Waals surface area contributed by atoms with Crippen LogP contribution in [0.15, 0.2) is 65.2 Å². The van der Waals surface area contributed by atoms with Crippen LogP contribution in [0, 0.1) is 0 Å². The molecule has 0 radical (unpaired) electrons. The number of nitrogens with one attached hydrogen (secondary N) is 2. The second-order valence-corrected chi connectivity index (χ2v) is 5.05. The molecule has 0 bridgehead atoms. The van der Waals surface area contributed by atoms with Crippen LogP contribution in [0.4, 0.5) is 5.69 Å². The van der Waals surface area contributed by atoms with Crippen LogP contribution in [-0.4, -0.2) is 24.0 Å². The number of nitrogens with zero attached hydrogens (tertiary/aromatic N) is 1. The van der Waals surface area contributed by atoms with Crippen molar-refractivity contribution in [1.29, 1.82) is 0 Å². The number of rotatable bonds is 4. The smallest absolute Gasteiger partial charge is 0.277 e. The van der Waals surface area contributed by atoms with Crippen LogP contribution >= 0.6 is 0 Å². The normalized spacial score (nSPS) is 10.2. The Hall–Kier alpha value is -3.41. The molecule has 1 aromatic heterocycles. The summed E-state index contributed by atoms with van der Waals surface area (Å²) >= 11 is 0. The van der Waals surface area contributed by atoms with E-state index < -0.39 is 0 Å². The third-order valence-electron chi connectivity index (χ3n) is 3.43. The minimum Gasteiger partial charge on any atom is -0.355 e. The molecule has 6 nitrogen and oxygen atoms in total. The van der Waals surface area contributed by atoms with Crippen molar-refractivity contribution >= 4 is 17.5 Å². The topological polar surface area (TPSA) is 84.2 Å². The van der Waals surface area contributed by atoms with Crippen molar-refractivity contribution in [3.05, 3.63) is 71.9 Å². The summed E-state index contributed by atoms with van der Waals surface area (Å²) in [6.07, 6.45) is 0. The van der Waals surface area contributed by atoms with Crippen LogP contribution in [0.2, 0.25) is 0 Å². The van der Waals surface area contributed by atoms with Gasteiger partial charge >= 0.3 is 0 Å². The molecule has 0 aliphatic rings. The monoisotopic (exact) mass is 321 g/mol. The number of carbonyl (C=O) groups excluding carboxylic acids is 2. The largest absolute Gasteiger partial charge is 0.355 e. The summed E-state index contributed by atoms with van der Waals surface area (Å²) in [5.41, 5.74) is 2.11. The van der Waals surface area contributed by atoms with E-state index in [0.29, 0.717) is 17.0 Å². The van der Waals surface area contributed by atoms with Crippen LogP contribution in [0.25, 0.3) is 11.3 Å². The summed E-state index contributed by atoms with van der Waals surface area (Å²) in [7, 11) is 1.56.